The molecule has 4 aromatic rings. The summed E-state index contributed by atoms with van der Waals surface area (Å²) in [6.45, 7) is 3.83. The second kappa shape index (κ2) is 6.67. The third-order valence-corrected chi connectivity index (χ3v) is 5.09. The van der Waals surface area contributed by atoms with Crippen molar-refractivity contribution in [2.45, 2.75) is 32.4 Å². The van der Waals surface area contributed by atoms with E-state index in [1.165, 1.54) is 18.4 Å². The summed E-state index contributed by atoms with van der Waals surface area (Å²) in [7, 11) is 0. The highest BCUT2D eigenvalue weighted by Crippen LogP contribution is 2.28. The van der Waals surface area contributed by atoms with Gasteiger partial charge in [0.2, 0.25) is 0 Å². The van der Waals surface area contributed by atoms with Crippen LogP contribution in [0.25, 0.3) is 27.9 Å². The van der Waals surface area contributed by atoms with Crippen LogP contribution in [-0.4, -0.2) is 27.0 Å². The molecule has 1 aliphatic rings. The first-order valence-corrected chi connectivity index (χ1v) is 9.66. The van der Waals surface area contributed by atoms with Crippen LogP contribution in [0.2, 0.25) is 0 Å². The van der Waals surface area contributed by atoms with E-state index in [9.17, 15) is 0 Å². The van der Waals surface area contributed by atoms with Crippen molar-refractivity contribution in [3.8, 4) is 11.3 Å². The molecule has 0 saturated heterocycles. The Morgan fingerprint density at radius 2 is 1.89 bits per heavy atom. The second-order valence-electron chi connectivity index (χ2n) is 7.13. The molecule has 2 heterocycles. The van der Waals surface area contributed by atoms with Gasteiger partial charge in [0.15, 0.2) is 11.5 Å². The molecule has 0 bridgehead atoms. The Kier molecular flexibility index (Phi) is 4.02. The third kappa shape index (κ3) is 3.04. The summed E-state index contributed by atoms with van der Waals surface area (Å²) in [6.07, 6.45) is 4.58. The van der Waals surface area contributed by atoms with Crippen LogP contribution in [0, 0.1) is 0 Å². The minimum atomic E-state index is 0.729. The zero-order valence-electron chi connectivity index (χ0n) is 15.4. The van der Waals surface area contributed by atoms with Gasteiger partial charge in [0.25, 0.3) is 0 Å². The predicted octanol–water partition coefficient (Wildman–Crippen LogP) is 4.23. The number of aromatic nitrogens is 3. The van der Waals surface area contributed by atoms with Gasteiger partial charge in [0.1, 0.15) is 0 Å². The standard InChI is InChI=1S/C22H23N5/c1-2-23-21-22-25-14-20(27(22)19-6-4-3-5-18(19)26-21)16-9-7-15(8-10-16)13-24-17-11-12-17/h3-10,14,17,24H,2,11-13H2,1H3,(H,23,26). The van der Waals surface area contributed by atoms with Crippen molar-refractivity contribution < 1.29 is 0 Å². The van der Waals surface area contributed by atoms with E-state index < -0.39 is 0 Å². The maximum atomic E-state index is 4.76. The highest BCUT2D eigenvalue weighted by Gasteiger charge is 2.20. The molecule has 0 spiro atoms. The minimum Gasteiger partial charge on any atom is -0.367 e. The molecule has 27 heavy (non-hydrogen) atoms. The van der Waals surface area contributed by atoms with Gasteiger partial charge in [-0.05, 0) is 37.5 Å². The number of nitrogens with one attached hydrogen (secondary N) is 2. The fourth-order valence-electron chi connectivity index (χ4n) is 3.51. The van der Waals surface area contributed by atoms with Crippen LogP contribution in [0.1, 0.15) is 25.3 Å². The lowest BCUT2D eigenvalue weighted by atomic mass is 10.1. The van der Waals surface area contributed by atoms with E-state index in [0.29, 0.717) is 0 Å². The number of hydrogen-bond donors (Lipinski definition) is 2. The van der Waals surface area contributed by atoms with Gasteiger partial charge < -0.3 is 10.6 Å². The van der Waals surface area contributed by atoms with Gasteiger partial charge in [-0.3, -0.25) is 4.40 Å². The summed E-state index contributed by atoms with van der Waals surface area (Å²) in [5.41, 5.74) is 6.47. The van der Waals surface area contributed by atoms with Gasteiger partial charge in [0.05, 0.1) is 22.9 Å². The summed E-state index contributed by atoms with van der Waals surface area (Å²) in [5.74, 6) is 0.827. The van der Waals surface area contributed by atoms with Crippen LogP contribution in [0.4, 0.5) is 5.82 Å². The molecule has 0 radical (unpaired) electrons. The van der Waals surface area contributed by atoms with Gasteiger partial charge >= 0.3 is 0 Å². The van der Waals surface area contributed by atoms with Gasteiger partial charge in [-0.25, -0.2) is 9.97 Å². The highest BCUT2D eigenvalue weighted by atomic mass is 15.1. The molecular formula is C22H23N5. The van der Waals surface area contributed by atoms with Crippen LogP contribution in [0.5, 0.6) is 0 Å². The van der Waals surface area contributed by atoms with Crippen molar-refractivity contribution in [3.05, 3.63) is 60.3 Å². The van der Waals surface area contributed by atoms with E-state index >= 15 is 0 Å². The summed E-state index contributed by atoms with van der Waals surface area (Å²) in [4.78, 5) is 9.44. The molecule has 1 aliphatic carbocycles. The van der Waals surface area contributed by atoms with E-state index in [0.717, 1.165) is 52.9 Å². The number of hydrogen-bond acceptors (Lipinski definition) is 4. The summed E-state index contributed by atoms with van der Waals surface area (Å²) in [6, 6.07) is 17.7. The van der Waals surface area contributed by atoms with E-state index in [-0.39, 0.29) is 0 Å². The number of imidazole rings is 1. The lowest BCUT2D eigenvalue weighted by Gasteiger charge is -2.11. The Labute approximate surface area is 158 Å². The average Bonchev–Trinajstić information content (AvgIpc) is 3.43. The Morgan fingerprint density at radius 1 is 1.07 bits per heavy atom. The Morgan fingerprint density at radius 3 is 2.67 bits per heavy atom. The van der Waals surface area contributed by atoms with E-state index in [1.807, 2.05) is 24.4 Å². The molecule has 136 valence electrons. The van der Waals surface area contributed by atoms with Crippen molar-refractivity contribution in [3.63, 3.8) is 0 Å². The summed E-state index contributed by atoms with van der Waals surface area (Å²) in [5, 5.41) is 6.92. The predicted molar refractivity (Wildman–Crippen MR) is 110 cm³/mol. The fourth-order valence-corrected chi connectivity index (χ4v) is 3.51. The Balaban J connectivity index is 1.60. The molecule has 0 amide bonds. The summed E-state index contributed by atoms with van der Waals surface area (Å²) < 4.78 is 2.21. The van der Waals surface area contributed by atoms with Crippen molar-refractivity contribution in [1.29, 1.82) is 0 Å². The third-order valence-electron chi connectivity index (χ3n) is 5.09. The number of rotatable bonds is 6. The SMILES string of the molecule is CCNc1nc2ccccc2n2c(-c3ccc(CNC4CC4)cc3)cnc12. The largest absolute Gasteiger partial charge is 0.367 e. The van der Waals surface area contributed by atoms with E-state index in [1.54, 1.807) is 0 Å². The lowest BCUT2D eigenvalue weighted by Crippen LogP contribution is -2.15. The molecule has 5 nitrogen and oxygen atoms in total. The molecule has 5 rings (SSSR count). The molecule has 0 atom stereocenters. The number of anilines is 1. The highest BCUT2D eigenvalue weighted by molar-refractivity contribution is 5.86. The molecular weight excluding hydrogens is 334 g/mol. The maximum Gasteiger partial charge on any atom is 0.181 e. The zero-order chi connectivity index (χ0) is 18.2. The van der Waals surface area contributed by atoms with E-state index in [2.05, 4.69) is 57.3 Å². The molecule has 1 fully saturated rings. The quantitative estimate of drug-likeness (QED) is 0.542. The van der Waals surface area contributed by atoms with Crippen molar-refractivity contribution >= 4 is 22.5 Å². The first-order valence-electron chi connectivity index (χ1n) is 9.66. The van der Waals surface area contributed by atoms with Crippen LogP contribution in [0.3, 0.4) is 0 Å². The normalized spacial score (nSPS) is 14.1. The topological polar surface area (TPSA) is 54.2 Å². The zero-order valence-corrected chi connectivity index (χ0v) is 15.4. The monoisotopic (exact) mass is 357 g/mol. The number of nitrogens with zero attached hydrogens (tertiary/aromatic N) is 3. The molecule has 2 N–H and O–H groups in total. The van der Waals surface area contributed by atoms with Gasteiger partial charge in [-0.2, -0.15) is 0 Å². The van der Waals surface area contributed by atoms with Crippen LogP contribution >= 0.6 is 0 Å². The van der Waals surface area contributed by atoms with Gasteiger partial charge in [-0.1, -0.05) is 36.4 Å². The van der Waals surface area contributed by atoms with Crippen LogP contribution in [-0.2, 0) is 6.54 Å². The van der Waals surface area contributed by atoms with Crippen molar-refractivity contribution in [1.82, 2.24) is 19.7 Å². The lowest BCUT2D eigenvalue weighted by molar-refractivity contribution is 0.688. The Hall–Kier alpha value is -2.92. The molecule has 0 unspecified atom stereocenters. The average molecular weight is 357 g/mol. The number of fused-ring (bicyclic) bond motifs is 3. The van der Waals surface area contributed by atoms with Crippen LogP contribution < -0.4 is 10.6 Å². The molecule has 2 aromatic heterocycles. The van der Waals surface area contributed by atoms with E-state index in [4.69, 9.17) is 4.98 Å². The first-order chi connectivity index (χ1) is 13.3. The molecule has 0 aliphatic heterocycles. The first kappa shape index (κ1) is 16.3. The smallest absolute Gasteiger partial charge is 0.181 e. The number of benzene rings is 2. The van der Waals surface area contributed by atoms with Crippen molar-refractivity contribution in [2.75, 3.05) is 11.9 Å². The van der Waals surface area contributed by atoms with Crippen LogP contribution in [0.15, 0.2) is 54.7 Å². The molecule has 2 aromatic carbocycles. The van der Waals surface area contributed by atoms with Gasteiger partial charge in [-0.15, -0.1) is 0 Å². The second-order valence-corrected chi connectivity index (χ2v) is 7.13. The summed E-state index contributed by atoms with van der Waals surface area (Å²) >= 11 is 0. The number of para-hydroxylation sites is 2. The fraction of sp³-hybridized carbons (Fsp3) is 0.273. The maximum absolute atomic E-state index is 4.76. The minimum absolute atomic E-state index is 0.729. The van der Waals surface area contributed by atoms with Gasteiger partial charge in [0, 0.05) is 24.7 Å². The van der Waals surface area contributed by atoms with Crippen molar-refractivity contribution in [2.24, 2.45) is 0 Å². The molecule has 5 heteroatoms. The Bertz CT molecular complexity index is 1090. The molecule has 1 saturated carbocycles.